The quantitative estimate of drug-likeness (QED) is 0.739. The van der Waals surface area contributed by atoms with Crippen molar-refractivity contribution < 1.29 is 23.3 Å². The second-order valence-electron chi connectivity index (χ2n) is 4.26. The minimum absolute atomic E-state index is 0.0299. The lowest BCUT2D eigenvalue weighted by Crippen LogP contribution is -2.11. The lowest BCUT2D eigenvalue weighted by atomic mass is 10.2. The van der Waals surface area contributed by atoms with Gasteiger partial charge in [-0.2, -0.15) is 4.21 Å². The Morgan fingerprint density at radius 1 is 1.10 bits per heavy atom. The van der Waals surface area contributed by atoms with Crippen LogP contribution in [-0.2, 0) is 11.3 Å². The summed E-state index contributed by atoms with van der Waals surface area (Å²) in [7, 11) is 1.41. The molecule has 0 aliphatic carbocycles. The van der Waals surface area contributed by atoms with Crippen LogP contribution in [0.3, 0.4) is 0 Å². The van der Waals surface area contributed by atoms with E-state index < -0.39 is 11.3 Å². The molecular formula is C14H15NO5S. The van der Waals surface area contributed by atoms with Gasteiger partial charge in [0.2, 0.25) is 0 Å². The van der Waals surface area contributed by atoms with E-state index in [2.05, 4.69) is 4.72 Å². The average Bonchev–Trinajstić information content (AvgIpc) is 2.45. The second-order valence-corrected chi connectivity index (χ2v) is 5.10. The number of rotatable bonds is 5. The maximum absolute atomic E-state index is 11.9. The lowest BCUT2D eigenvalue weighted by Gasteiger charge is -2.10. The fraction of sp³-hybridized carbons (Fsp3) is 0.143. The van der Waals surface area contributed by atoms with Crippen LogP contribution in [0.15, 0.2) is 36.4 Å². The van der Waals surface area contributed by atoms with Crippen LogP contribution < -0.4 is 13.6 Å². The van der Waals surface area contributed by atoms with Gasteiger partial charge in [0.05, 0.1) is 7.11 Å². The summed E-state index contributed by atoms with van der Waals surface area (Å²) in [6.45, 7) is 1.73. The third-order valence-corrected chi connectivity index (χ3v) is 3.47. The number of aryl methyl sites for hydroxylation is 1. The Morgan fingerprint density at radius 3 is 2.48 bits per heavy atom. The summed E-state index contributed by atoms with van der Waals surface area (Å²) in [4.78, 5) is 0. The van der Waals surface area contributed by atoms with Crippen molar-refractivity contribution in [2.45, 2.75) is 6.92 Å². The van der Waals surface area contributed by atoms with E-state index in [4.69, 9.17) is 8.92 Å². The molecule has 3 N–H and O–H groups in total. The Morgan fingerprint density at radius 2 is 1.81 bits per heavy atom. The topological polar surface area (TPSA) is 88.0 Å². The SMILES string of the molecule is COc1cc(OS(=O)Nc2ccc(O)c(C)c2)ccc1O. The maximum atomic E-state index is 11.9. The number of phenols is 2. The van der Waals surface area contributed by atoms with Crippen molar-refractivity contribution in [2.24, 2.45) is 0 Å². The third-order valence-electron chi connectivity index (χ3n) is 2.72. The Kier molecular flexibility index (Phi) is 4.54. The van der Waals surface area contributed by atoms with E-state index in [0.29, 0.717) is 11.3 Å². The number of aromatic hydroxyl groups is 2. The zero-order valence-electron chi connectivity index (χ0n) is 11.5. The van der Waals surface area contributed by atoms with E-state index in [0.717, 1.165) is 0 Å². The molecule has 112 valence electrons. The molecule has 1 atom stereocenters. The van der Waals surface area contributed by atoms with Crippen molar-refractivity contribution in [3.05, 3.63) is 42.0 Å². The van der Waals surface area contributed by atoms with E-state index >= 15 is 0 Å². The Labute approximate surface area is 124 Å². The summed E-state index contributed by atoms with van der Waals surface area (Å²) in [5, 5.41) is 18.9. The van der Waals surface area contributed by atoms with E-state index in [1.54, 1.807) is 19.1 Å². The molecule has 1 unspecified atom stereocenters. The summed E-state index contributed by atoms with van der Waals surface area (Å²) in [5.41, 5.74) is 1.21. The molecule has 0 bridgehead atoms. The number of methoxy groups -OCH3 is 1. The summed E-state index contributed by atoms with van der Waals surface area (Å²) < 4.78 is 24.7. The summed E-state index contributed by atoms with van der Waals surface area (Å²) in [6.07, 6.45) is 0. The minimum Gasteiger partial charge on any atom is -0.508 e. The highest BCUT2D eigenvalue weighted by Crippen LogP contribution is 2.30. The molecule has 0 spiro atoms. The molecule has 6 nitrogen and oxygen atoms in total. The minimum atomic E-state index is -1.82. The van der Waals surface area contributed by atoms with Gasteiger partial charge in [-0.15, -0.1) is 0 Å². The van der Waals surface area contributed by atoms with Gasteiger partial charge in [-0.1, -0.05) is 0 Å². The molecule has 0 heterocycles. The zero-order valence-corrected chi connectivity index (χ0v) is 12.3. The van der Waals surface area contributed by atoms with Crippen molar-refractivity contribution in [2.75, 3.05) is 11.8 Å². The van der Waals surface area contributed by atoms with Crippen LogP contribution in [0.1, 0.15) is 5.56 Å². The number of nitrogens with one attached hydrogen (secondary N) is 1. The standard InChI is InChI=1S/C14H15NO5S/c1-9-7-10(3-5-12(9)16)15-21(18)20-11-4-6-13(17)14(8-11)19-2/h3-8,15-17H,1-2H3. The van der Waals surface area contributed by atoms with Gasteiger partial charge in [0.25, 0.3) is 0 Å². The summed E-state index contributed by atoms with van der Waals surface area (Å²) in [6, 6.07) is 9.01. The first kappa shape index (κ1) is 15.0. The molecule has 0 aliphatic rings. The van der Waals surface area contributed by atoms with Gasteiger partial charge < -0.3 is 19.1 Å². The predicted molar refractivity (Wildman–Crippen MR) is 79.9 cm³/mol. The molecular weight excluding hydrogens is 294 g/mol. The van der Waals surface area contributed by atoms with E-state index in [1.807, 2.05) is 0 Å². The number of anilines is 1. The summed E-state index contributed by atoms with van der Waals surface area (Å²) in [5.74, 6) is 0.643. The van der Waals surface area contributed by atoms with Gasteiger partial charge in [-0.3, -0.25) is 4.72 Å². The number of phenolic OH excluding ortho intramolecular Hbond substituents is 2. The molecule has 0 fully saturated rings. The first-order valence-electron chi connectivity index (χ1n) is 6.03. The lowest BCUT2D eigenvalue weighted by molar-refractivity contribution is 0.371. The van der Waals surface area contributed by atoms with Gasteiger partial charge >= 0.3 is 11.3 Å². The third kappa shape index (κ3) is 3.79. The number of hydrogen-bond acceptors (Lipinski definition) is 5. The average molecular weight is 309 g/mol. The first-order valence-corrected chi connectivity index (χ1v) is 7.10. The van der Waals surface area contributed by atoms with Crippen molar-refractivity contribution >= 4 is 17.0 Å². The van der Waals surface area contributed by atoms with Crippen molar-refractivity contribution in [1.82, 2.24) is 0 Å². The number of hydrogen-bond donors (Lipinski definition) is 3. The van der Waals surface area contributed by atoms with Crippen LogP contribution in [-0.4, -0.2) is 21.5 Å². The molecule has 0 saturated heterocycles. The molecule has 0 aliphatic heterocycles. The fourth-order valence-electron chi connectivity index (χ4n) is 1.63. The normalized spacial score (nSPS) is 11.7. The van der Waals surface area contributed by atoms with Crippen molar-refractivity contribution in [1.29, 1.82) is 0 Å². The molecule has 2 aromatic carbocycles. The van der Waals surface area contributed by atoms with Gasteiger partial charge in [0.1, 0.15) is 11.5 Å². The smallest absolute Gasteiger partial charge is 0.316 e. The first-order chi connectivity index (χ1) is 9.99. The van der Waals surface area contributed by atoms with Crippen LogP contribution in [0.2, 0.25) is 0 Å². The molecule has 0 saturated carbocycles. The van der Waals surface area contributed by atoms with Gasteiger partial charge in [0.15, 0.2) is 11.5 Å². The predicted octanol–water partition coefficient (Wildman–Crippen LogP) is 2.48. The van der Waals surface area contributed by atoms with E-state index in [1.165, 1.54) is 31.4 Å². The number of ether oxygens (including phenoxy) is 1. The molecule has 0 amide bonds. The van der Waals surface area contributed by atoms with E-state index in [9.17, 15) is 14.4 Å². The molecule has 0 radical (unpaired) electrons. The fourth-order valence-corrected chi connectivity index (χ4v) is 2.27. The summed E-state index contributed by atoms with van der Waals surface area (Å²) >= 11 is -1.82. The Balaban J connectivity index is 2.06. The van der Waals surface area contributed by atoms with Crippen LogP contribution in [0.4, 0.5) is 5.69 Å². The monoisotopic (exact) mass is 309 g/mol. The molecule has 21 heavy (non-hydrogen) atoms. The largest absolute Gasteiger partial charge is 0.508 e. The second kappa shape index (κ2) is 6.36. The molecule has 2 rings (SSSR count). The van der Waals surface area contributed by atoms with Crippen molar-refractivity contribution in [3.8, 4) is 23.0 Å². The Hall–Kier alpha value is -2.41. The zero-order chi connectivity index (χ0) is 15.4. The van der Waals surface area contributed by atoms with Crippen LogP contribution in [0.25, 0.3) is 0 Å². The van der Waals surface area contributed by atoms with E-state index in [-0.39, 0.29) is 23.0 Å². The van der Waals surface area contributed by atoms with Crippen LogP contribution in [0.5, 0.6) is 23.0 Å². The molecule has 0 aromatic heterocycles. The van der Waals surface area contributed by atoms with Gasteiger partial charge in [0, 0.05) is 11.8 Å². The molecule has 2 aromatic rings. The van der Waals surface area contributed by atoms with Gasteiger partial charge in [-0.05, 0) is 42.8 Å². The Bertz CT molecular complexity index is 674. The van der Waals surface area contributed by atoms with Crippen molar-refractivity contribution in [3.63, 3.8) is 0 Å². The van der Waals surface area contributed by atoms with Crippen LogP contribution >= 0.6 is 0 Å². The molecule has 7 heteroatoms. The van der Waals surface area contributed by atoms with Gasteiger partial charge in [-0.25, -0.2) is 0 Å². The number of benzene rings is 2. The highest BCUT2D eigenvalue weighted by Gasteiger charge is 2.08. The highest BCUT2D eigenvalue weighted by molar-refractivity contribution is 7.81. The maximum Gasteiger partial charge on any atom is 0.316 e. The van der Waals surface area contributed by atoms with Crippen LogP contribution in [0, 0.1) is 6.92 Å². The highest BCUT2D eigenvalue weighted by atomic mass is 32.2.